The molecule has 2 aromatic rings. The van der Waals surface area contributed by atoms with Gasteiger partial charge in [0.25, 0.3) is 0 Å². The molecule has 148 valence electrons. The number of hydrogen-bond donors (Lipinski definition) is 2. The van der Waals surface area contributed by atoms with E-state index in [2.05, 4.69) is 17.2 Å². The van der Waals surface area contributed by atoms with Crippen LogP contribution in [0.15, 0.2) is 35.1 Å². The van der Waals surface area contributed by atoms with Crippen LogP contribution in [0.3, 0.4) is 0 Å². The second-order valence-electron chi connectivity index (χ2n) is 7.43. The van der Waals surface area contributed by atoms with E-state index in [1.807, 2.05) is 18.2 Å². The lowest BCUT2D eigenvalue weighted by molar-refractivity contribution is -0.116. The lowest BCUT2D eigenvalue weighted by atomic mass is 10.1. The molecule has 0 atom stereocenters. The van der Waals surface area contributed by atoms with Gasteiger partial charge in [0.1, 0.15) is 5.82 Å². The SMILES string of the molecule is CCCCCCCCCCCCCC(=O)Nc1cc(=O)c2ccccc2[nH]1. The Labute approximate surface area is 162 Å². The van der Waals surface area contributed by atoms with Crippen LogP contribution in [0.2, 0.25) is 0 Å². The zero-order valence-corrected chi connectivity index (χ0v) is 16.7. The van der Waals surface area contributed by atoms with Gasteiger partial charge in [0.05, 0.1) is 5.52 Å². The van der Waals surface area contributed by atoms with Gasteiger partial charge in [-0.1, -0.05) is 83.3 Å². The van der Waals surface area contributed by atoms with Crippen molar-refractivity contribution in [1.29, 1.82) is 0 Å². The van der Waals surface area contributed by atoms with Crippen LogP contribution in [0, 0.1) is 0 Å². The lowest BCUT2D eigenvalue weighted by Crippen LogP contribution is -2.14. The zero-order chi connectivity index (χ0) is 19.3. The Kier molecular flexibility index (Phi) is 9.67. The van der Waals surface area contributed by atoms with Crippen LogP contribution in [-0.2, 0) is 4.79 Å². The summed E-state index contributed by atoms with van der Waals surface area (Å²) in [7, 11) is 0. The van der Waals surface area contributed by atoms with Crippen LogP contribution in [-0.4, -0.2) is 10.9 Å². The van der Waals surface area contributed by atoms with E-state index < -0.39 is 0 Å². The molecule has 2 N–H and O–H groups in total. The number of para-hydroxylation sites is 1. The minimum Gasteiger partial charge on any atom is -0.341 e. The van der Waals surface area contributed by atoms with Crippen molar-refractivity contribution in [3.63, 3.8) is 0 Å². The standard InChI is InChI=1S/C23H34N2O2/c1-2-3-4-5-6-7-8-9-10-11-12-17-23(27)25-22-18-21(26)19-15-13-14-16-20(19)24-22/h13-16,18H,2-12,17H2,1H3,(H2,24,25,26,27). The lowest BCUT2D eigenvalue weighted by Gasteiger charge is -2.07. The van der Waals surface area contributed by atoms with E-state index in [9.17, 15) is 9.59 Å². The maximum Gasteiger partial charge on any atom is 0.225 e. The van der Waals surface area contributed by atoms with Crippen molar-refractivity contribution in [2.24, 2.45) is 0 Å². The highest BCUT2D eigenvalue weighted by Gasteiger charge is 2.05. The summed E-state index contributed by atoms with van der Waals surface area (Å²) in [5.41, 5.74) is 0.671. The summed E-state index contributed by atoms with van der Waals surface area (Å²) in [6, 6.07) is 8.79. The Bertz CT molecular complexity index is 751. The number of nitrogens with one attached hydrogen (secondary N) is 2. The fourth-order valence-corrected chi connectivity index (χ4v) is 3.43. The molecule has 0 aliphatic heterocycles. The number of aromatic amines is 1. The number of amides is 1. The molecule has 0 saturated heterocycles. The molecule has 1 aromatic carbocycles. The number of pyridine rings is 1. The molecule has 4 nitrogen and oxygen atoms in total. The van der Waals surface area contributed by atoms with Crippen molar-refractivity contribution < 1.29 is 4.79 Å². The molecule has 0 unspecified atom stereocenters. The van der Waals surface area contributed by atoms with E-state index in [1.54, 1.807) is 6.07 Å². The highest BCUT2D eigenvalue weighted by molar-refractivity contribution is 5.91. The van der Waals surface area contributed by atoms with Crippen molar-refractivity contribution in [3.8, 4) is 0 Å². The molecule has 0 aliphatic carbocycles. The predicted octanol–water partition coefficient (Wildman–Crippen LogP) is 6.17. The number of fused-ring (bicyclic) bond motifs is 1. The van der Waals surface area contributed by atoms with E-state index >= 15 is 0 Å². The minimum atomic E-state index is -0.0747. The summed E-state index contributed by atoms with van der Waals surface area (Å²) < 4.78 is 0. The molecule has 1 amide bonds. The Morgan fingerprint density at radius 2 is 1.48 bits per heavy atom. The number of anilines is 1. The highest BCUT2D eigenvalue weighted by atomic mass is 16.1. The third-order valence-electron chi connectivity index (χ3n) is 5.02. The molecular formula is C23H34N2O2. The van der Waals surface area contributed by atoms with Crippen molar-refractivity contribution >= 4 is 22.6 Å². The van der Waals surface area contributed by atoms with Crippen molar-refractivity contribution in [3.05, 3.63) is 40.6 Å². The molecule has 1 heterocycles. The van der Waals surface area contributed by atoms with E-state index in [-0.39, 0.29) is 11.3 Å². The minimum absolute atomic E-state index is 0.0307. The Balaban J connectivity index is 1.57. The summed E-state index contributed by atoms with van der Waals surface area (Å²) in [6.07, 6.45) is 14.5. The van der Waals surface area contributed by atoms with Gasteiger partial charge in [-0.2, -0.15) is 0 Å². The topological polar surface area (TPSA) is 62.0 Å². The van der Waals surface area contributed by atoms with E-state index in [0.29, 0.717) is 17.6 Å². The van der Waals surface area contributed by atoms with Crippen LogP contribution < -0.4 is 10.7 Å². The van der Waals surface area contributed by atoms with Crippen molar-refractivity contribution in [2.75, 3.05) is 5.32 Å². The van der Waals surface area contributed by atoms with Gasteiger partial charge in [-0.3, -0.25) is 9.59 Å². The molecule has 4 heteroatoms. The summed E-state index contributed by atoms with van der Waals surface area (Å²) in [5.74, 6) is 0.448. The van der Waals surface area contributed by atoms with Gasteiger partial charge in [-0.25, -0.2) is 0 Å². The molecule has 27 heavy (non-hydrogen) atoms. The monoisotopic (exact) mass is 370 g/mol. The number of H-pyrrole nitrogens is 1. The third kappa shape index (κ3) is 7.98. The van der Waals surface area contributed by atoms with Gasteiger partial charge in [-0.15, -0.1) is 0 Å². The summed E-state index contributed by atoms with van der Waals surface area (Å²) in [4.78, 5) is 27.3. The van der Waals surface area contributed by atoms with Crippen LogP contribution in [0.5, 0.6) is 0 Å². The van der Waals surface area contributed by atoms with Gasteiger partial charge in [0.15, 0.2) is 5.43 Å². The zero-order valence-electron chi connectivity index (χ0n) is 16.7. The number of carbonyl (C=O) groups is 1. The molecule has 0 aliphatic rings. The van der Waals surface area contributed by atoms with Gasteiger partial charge >= 0.3 is 0 Å². The van der Waals surface area contributed by atoms with Gasteiger partial charge in [0.2, 0.25) is 5.91 Å². The number of rotatable bonds is 13. The van der Waals surface area contributed by atoms with Crippen LogP contribution in [0.1, 0.15) is 84.0 Å². The first kappa shape index (κ1) is 21.2. The highest BCUT2D eigenvalue weighted by Crippen LogP contribution is 2.13. The number of aromatic nitrogens is 1. The number of hydrogen-bond acceptors (Lipinski definition) is 2. The fourth-order valence-electron chi connectivity index (χ4n) is 3.43. The first-order valence-electron chi connectivity index (χ1n) is 10.6. The van der Waals surface area contributed by atoms with E-state index in [4.69, 9.17) is 0 Å². The quantitative estimate of drug-likeness (QED) is 0.414. The van der Waals surface area contributed by atoms with Crippen molar-refractivity contribution in [2.45, 2.75) is 84.0 Å². The first-order valence-corrected chi connectivity index (χ1v) is 10.6. The molecule has 1 aromatic heterocycles. The smallest absolute Gasteiger partial charge is 0.225 e. The van der Waals surface area contributed by atoms with Gasteiger partial charge in [-0.05, 0) is 18.6 Å². The predicted molar refractivity (Wildman–Crippen MR) is 114 cm³/mol. The molecule has 0 saturated carbocycles. The number of unbranched alkanes of at least 4 members (excludes halogenated alkanes) is 10. The van der Waals surface area contributed by atoms with Crippen LogP contribution in [0.4, 0.5) is 5.82 Å². The third-order valence-corrected chi connectivity index (χ3v) is 5.02. The average Bonchev–Trinajstić information content (AvgIpc) is 2.66. The summed E-state index contributed by atoms with van der Waals surface area (Å²) >= 11 is 0. The normalized spacial score (nSPS) is 11.0. The van der Waals surface area contributed by atoms with Crippen molar-refractivity contribution in [1.82, 2.24) is 4.98 Å². The number of benzene rings is 1. The molecule has 0 fully saturated rings. The maximum absolute atomic E-state index is 12.1. The molecule has 0 spiro atoms. The second kappa shape index (κ2) is 12.3. The Morgan fingerprint density at radius 1 is 0.889 bits per heavy atom. The van der Waals surface area contributed by atoms with Gasteiger partial charge < -0.3 is 10.3 Å². The Hall–Kier alpha value is -2.10. The van der Waals surface area contributed by atoms with Crippen LogP contribution in [0.25, 0.3) is 10.9 Å². The van der Waals surface area contributed by atoms with E-state index in [0.717, 1.165) is 18.4 Å². The van der Waals surface area contributed by atoms with E-state index in [1.165, 1.54) is 63.9 Å². The molecular weight excluding hydrogens is 336 g/mol. The summed E-state index contributed by atoms with van der Waals surface area (Å²) in [5, 5.41) is 3.46. The fraction of sp³-hybridized carbons (Fsp3) is 0.565. The first-order chi connectivity index (χ1) is 13.2. The van der Waals surface area contributed by atoms with Crippen LogP contribution >= 0.6 is 0 Å². The second-order valence-corrected chi connectivity index (χ2v) is 7.43. The summed E-state index contributed by atoms with van der Waals surface area (Å²) in [6.45, 7) is 2.25. The Morgan fingerprint density at radius 3 is 2.15 bits per heavy atom. The molecule has 0 radical (unpaired) electrons. The average molecular weight is 371 g/mol. The largest absolute Gasteiger partial charge is 0.341 e. The van der Waals surface area contributed by atoms with Gasteiger partial charge in [0, 0.05) is 17.9 Å². The molecule has 0 bridgehead atoms. The maximum atomic E-state index is 12.1. The molecule has 2 rings (SSSR count). The number of carbonyl (C=O) groups excluding carboxylic acids is 1.